The van der Waals surface area contributed by atoms with Gasteiger partial charge in [-0.2, -0.15) is 0 Å². The number of hydrogen-bond donors (Lipinski definition) is 0. The van der Waals surface area contributed by atoms with Gasteiger partial charge in [0.15, 0.2) is 0 Å². The molecule has 1 saturated heterocycles. The maximum Gasteiger partial charge on any atom is 0.139 e. The SMILES string of the molecule is CCC(=O)CC(=S)N1COC1. The van der Waals surface area contributed by atoms with E-state index in [4.69, 9.17) is 17.0 Å². The van der Waals surface area contributed by atoms with Crippen LogP contribution >= 0.6 is 12.2 Å². The first-order chi connectivity index (χ1) is 5.24. The lowest BCUT2D eigenvalue weighted by Crippen LogP contribution is -2.44. The summed E-state index contributed by atoms with van der Waals surface area (Å²) in [5, 5.41) is 0. The Morgan fingerprint density at radius 3 is 2.64 bits per heavy atom. The van der Waals surface area contributed by atoms with Crippen LogP contribution in [0.5, 0.6) is 0 Å². The maximum absolute atomic E-state index is 10.9. The summed E-state index contributed by atoms with van der Waals surface area (Å²) in [5.74, 6) is 0.196. The summed E-state index contributed by atoms with van der Waals surface area (Å²) in [6, 6.07) is 0. The standard InChI is InChI=1S/C7H11NO2S/c1-2-6(9)3-7(11)8-4-10-5-8/h2-5H2,1H3. The number of rotatable bonds is 3. The molecule has 0 aromatic heterocycles. The highest BCUT2D eigenvalue weighted by Gasteiger charge is 2.18. The molecule has 3 nitrogen and oxygen atoms in total. The fourth-order valence-corrected chi connectivity index (χ4v) is 0.998. The fraction of sp³-hybridized carbons (Fsp3) is 0.714. The van der Waals surface area contributed by atoms with E-state index in [1.165, 1.54) is 0 Å². The number of hydrogen-bond acceptors (Lipinski definition) is 3. The van der Waals surface area contributed by atoms with Gasteiger partial charge in [0, 0.05) is 6.42 Å². The maximum atomic E-state index is 10.9. The zero-order valence-electron chi connectivity index (χ0n) is 6.50. The van der Waals surface area contributed by atoms with E-state index in [2.05, 4.69) is 0 Å². The Morgan fingerprint density at radius 2 is 2.27 bits per heavy atom. The number of carbonyl (C=O) groups excluding carboxylic acids is 1. The second-order valence-electron chi connectivity index (χ2n) is 2.46. The molecule has 0 atom stereocenters. The smallest absolute Gasteiger partial charge is 0.139 e. The van der Waals surface area contributed by atoms with Crippen molar-refractivity contribution in [3.05, 3.63) is 0 Å². The summed E-state index contributed by atoms with van der Waals surface area (Å²) < 4.78 is 4.90. The van der Waals surface area contributed by atoms with Crippen LogP contribution in [0.4, 0.5) is 0 Å². The minimum Gasteiger partial charge on any atom is -0.341 e. The Hall–Kier alpha value is -0.480. The highest BCUT2D eigenvalue weighted by Crippen LogP contribution is 2.07. The summed E-state index contributed by atoms with van der Waals surface area (Å²) in [6.45, 7) is 2.95. The van der Waals surface area contributed by atoms with Crippen LogP contribution in [-0.2, 0) is 9.53 Å². The molecule has 0 aromatic rings. The summed E-state index contributed by atoms with van der Waals surface area (Å²) in [5.41, 5.74) is 0. The van der Waals surface area contributed by atoms with E-state index in [-0.39, 0.29) is 5.78 Å². The van der Waals surface area contributed by atoms with Gasteiger partial charge in [-0.05, 0) is 0 Å². The van der Waals surface area contributed by atoms with Crippen molar-refractivity contribution in [3.8, 4) is 0 Å². The molecule has 0 amide bonds. The van der Waals surface area contributed by atoms with E-state index >= 15 is 0 Å². The third kappa shape index (κ3) is 2.24. The molecule has 0 aromatic carbocycles. The molecule has 0 unspecified atom stereocenters. The number of ether oxygens (including phenoxy) is 1. The minimum atomic E-state index is 0.196. The zero-order chi connectivity index (χ0) is 8.27. The number of Topliss-reactive ketones (excluding diaryl/α,β-unsaturated/α-hetero) is 1. The van der Waals surface area contributed by atoms with E-state index in [0.29, 0.717) is 31.3 Å². The molecule has 4 heteroatoms. The van der Waals surface area contributed by atoms with E-state index in [0.717, 1.165) is 0 Å². The van der Waals surface area contributed by atoms with Gasteiger partial charge in [0.25, 0.3) is 0 Å². The monoisotopic (exact) mass is 173 g/mol. The zero-order valence-corrected chi connectivity index (χ0v) is 7.32. The van der Waals surface area contributed by atoms with Gasteiger partial charge in [0.2, 0.25) is 0 Å². The molecule has 1 rings (SSSR count). The normalized spacial score (nSPS) is 15.9. The second-order valence-corrected chi connectivity index (χ2v) is 2.94. The van der Waals surface area contributed by atoms with Crippen molar-refractivity contribution in [2.24, 2.45) is 0 Å². The third-order valence-corrected chi connectivity index (χ3v) is 1.99. The Kier molecular flexibility index (Phi) is 2.96. The van der Waals surface area contributed by atoms with E-state index in [1.54, 1.807) is 0 Å². The molecule has 0 bridgehead atoms. The number of carbonyl (C=O) groups is 1. The molecule has 11 heavy (non-hydrogen) atoms. The average molecular weight is 173 g/mol. The predicted octanol–water partition coefficient (Wildman–Crippen LogP) is 0.930. The highest BCUT2D eigenvalue weighted by atomic mass is 32.1. The van der Waals surface area contributed by atoms with E-state index in [1.807, 2.05) is 11.8 Å². The summed E-state index contributed by atoms with van der Waals surface area (Å²) >= 11 is 4.99. The summed E-state index contributed by atoms with van der Waals surface area (Å²) in [7, 11) is 0. The van der Waals surface area contributed by atoms with Gasteiger partial charge in [-0.3, -0.25) is 4.79 Å². The van der Waals surface area contributed by atoms with Crippen LogP contribution in [0.15, 0.2) is 0 Å². The number of thiocarbonyl (C=S) groups is 1. The van der Waals surface area contributed by atoms with Crippen molar-refractivity contribution in [3.63, 3.8) is 0 Å². The summed E-state index contributed by atoms with van der Waals surface area (Å²) in [6.07, 6.45) is 0.962. The van der Waals surface area contributed by atoms with Crippen LogP contribution in [0.1, 0.15) is 19.8 Å². The molecule has 0 saturated carbocycles. The van der Waals surface area contributed by atoms with Crippen LogP contribution < -0.4 is 0 Å². The summed E-state index contributed by atoms with van der Waals surface area (Å²) in [4.78, 5) is 13.5. The van der Waals surface area contributed by atoms with Gasteiger partial charge < -0.3 is 9.64 Å². The Morgan fingerprint density at radius 1 is 1.64 bits per heavy atom. The molecular formula is C7H11NO2S. The van der Waals surface area contributed by atoms with E-state index < -0.39 is 0 Å². The predicted molar refractivity (Wildman–Crippen MR) is 45.2 cm³/mol. The van der Waals surface area contributed by atoms with Crippen LogP contribution in [-0.4, -0.2) is 29.1 Å². The van der Waals surface area contributed by atoms with Crippen molar-refractivity contribution in [2.75, 3.05) is 13.5 Å². The number of ketones is 1. The largest absolute Gasteiger partial charge is 0.341 e. The van der Waals surface area contributed by atoms with Crippen molar-refractivity contribution in [2.45, 2.75) is 19.8 Å². The number of nitrogens with zero attached hydrogens (tertiary/aromatic N) is 1. The third-order valence-electron chi connectivity index (χ3n) is 1.59. The minimum absolute atomic E-state index is 0.196. The topological polar surface area (TPSA) is 29.5 Å². The van der Waals surface area contributed by atoms with Gasteiger partial charge in [0.05, 0.1) is 11.4 Å². The van der Waals surface area contributed by atoms with Gasteiger partial charge in [-0.25, -0.2) is 0 Å². The lowest BCUT2D eigenvalue weighted by Gasteiger charge is -2.32. The van der Waals surface area contributed by atoms with Crippen LogP contribution in [0.3, 0.4) is 0 Å². The van der Waals surface area contributed by atoms with Gasteiger partial charge in [-0.1, -0.05) is 19.1 Å². The van der Waals surface area contributed by atoms with Gasteiger partial charge in [-0.15, -0.1) is 0 Å². The fourth-order valence-electron chi connectivity index (χ4n) is 0.732. The molecule has 0 aliphatic carbocycles. The molecule has 62 valence electrons. The Bertz CT molecular complexity index is 177. The van der Waals surface area contributed by atoms with Crippen molar-refractivity contribution in [1.29, 1.82) is 0 Å². The molecule has 0 spiro atoms. The molecule has 0 radical (unpaired) electrons. The first kappa shape index (κ1) is 8.62. The quantitative estimate of drug-likeness (QED) is 0.594. The van der Waals surface area contributed by atoms with Crippen molar-refractivity contribution >= 4 is 23.0 Å². The van der Waals surface area contributed by atoms with Crippen LogP contribution in [0.25, 0.3) is 0 Å². The molecule has 0 N–H and O–H groups in total. The Balaban J connectivity index is 2.25. The van der Waals surface area contributed by atoms with Crippen LogP contribution in [0, 0.1) is 0 Å². The lowest BCUT2D eigenvalue weighted by molar-refractivity contribution is -0.119. The van der Waals surface area contributed by atoms with Crippen molar-refractivity contribution in [1.82, 2.24) is 4.90 Å². The molecule has 1 fully saturated rings. The van der Waals surface area contributed by atoms with Gasteiger partial charge >= 0.3 is 0 Å². The molecule has 1 aliphatic heterocycles. The highest BCUT2D eigenvalue weighted by molar-refractivity contribution is 7.80. The lowest BCUT2D eigenvalue weighted by atomic mass is 10.2. The average Bonchev–Trinajstić information content (AvgIpc) is 1.83. The van der Waals surface area contributed by atoms with Crippen LogP contribution in [0.2, 0.25) is 0 Å². The molecule has 1 aliphatic rings. The van der Waals surface area contributed by atoms with Gasteiger partial charge in [0.1, 0.15) is 19.2 Å². The first-order valence-electron chi connectivity index (χ1n) is 3.61. The van der Waals surface area contributed by atoms with Crippen molar-refractivity contribution < 1.29 is 9.53 Å². The second kappa shape index (κ2) is 3.78. The van der Waals surface area contributed by atoms with E-state index in [9.17, 15) is 4.79 Å². The molecular weight excluding hydrogens is 162 g/mol. The molecule has 1 heterocycles. The Labute approximate surface area is 71.3 Å². The first-order valence-corrected chi connectivity index (χ1v) is 4.02.